The summed E-state index contributed by atoms with van der Waals surface area (Å²) in [5.41, 5.74) is 0.373. The summed E-state index contributed by atoms with van der Waals surface area (Å²) in [6.07, 6.45) is 6.00. The van der Waals surface area contributed by atoms with Crippen LogP contribution in [0.1, 0.15) is 47.0 Å². The van der Waals surface area contributed by atoms with Gasteiger partial charge in [0.05, 0.1) is 0 Å². The Morgan fingerprint density at radius 2 is 1.71 bits per heavy atom. The molecule has 0 amide bonds. The van der Waals surface area contributed by atoms with E-state index in [9.17, 15) is 4.79 Å². The van der Waals surface area contributed by atoms with Crippen LogP contribution in [-0.2, 0) is 4.79 Å². The Labute approximate surface area is 87.5 Å². The molecule has 1 heterocycles. The standard InChI is InChI=1S/C12H22NO/c1-11(2)8-10(6-5-7-14)9-12(3,4)13-11/h6-7,10,13H,5,8-9H2,1-4H3. The van der Waals surface area contributed by atoms with Gasteiger partial charge in [-0.1, -0.05) is 0 Å². The summed E-state index contributed by atoms with van der Waals surface area (Å²) in [6.45, 7) is 8.93. The summed E-state index contributed by atoms with van der Waals surface area (Å²) >= 11 is 0. The number of carbonyl (C=O) groups is 1. The second-order valence-electron chi connectivity index (χ2n) is 5.70. The molecule has 1 rings (SSSR count). The summed E-state index contributed by atoms with van der Waals surface area (Å²) in [7, 11) is 0. The Hall–Kier alpha value is -0.370. The molecule has 81 valence electrons. The van der Waals surface area contributed by atoms with Gasteiger partial charge < -0.3 is 10.1 Å². The highest BCUT2D eigenvalue weighted by molar-refractivity contribution is 5.51. The Bertz CT molecular complexity index is 192. The molecule has 2 nitrogen and oxygen atoms in total. The number of hydrogen-bond donors (Lipinski definition) is 1. The molecule has 0 aromatic rings. The number of nitrogens with one attached hydrogen (secondary N) is 1. The van der Waals surface area contributed by atoms with Crippen LogP contribution in [0, 0.1) is 12.3 Å². The number of hydrogen-bond acceptors (Lipinski definition) is 2. The predicted molar refractivity (Wildman–Crippen MR) is 59.0 cm³/mol. The average Bonchev–Trinajstić information content (AvgIpc) is 1.94. The average molecular weight is 196 g/mol. The molecule has 1 saturated heterocycles. The fourth-order valence-corrected chi connectivity index (χ4v) is 2.82. The zero-order chi connectivity index (χ0) is 10.8. The van der Waals surface area contributed by atoms with Crippen molar-refractivity contribution in [3.8, 4) is 0 Å². The molecule has 1 fully saturated rings. The molecular formula is C12H22NO. The third kappa shape index (κ3) is 3.41. The minimum atomic E-state index is 0.186. The van der Waals surface area contributed by atoms with Crippen LogP contribution in [0.15, 0.2) is 0 Å². The van der Waals surface area contributed by atoms with Gasteiger partial charge in [-0.15, -0.1) is 0 Å². The van der Waals surface area contributed by atoms with E-state index in [-0.39, 0.29) is 11.1 Å². The van der Waals surface area contributed by atoms with E-state index in [1.165, 1.54) is 0 Å². The first kappa shape index (κ1) is 11.7. The lowest BCUT2D eigenvalue weighted by Gasteiger charge is -2.46. The lowest BCUT2D eigenvalue weighted by atomic mass is 9.74. The van der Waals surface area contributed by atoms with Crippen molar-refractivity contribution in [3.05, 3.63) is 6.42 Å². The van der Waals surface area contributed by atoms with Gasteiger partial charge in [-0.3, -0.25) is 0 Å². The quantitative estimate of drug-likeness (QED) is 0.702. The maximum absolute atomic E-state index is 10.3. The number of rotatable bonds is 3. The van der Waals surface area contributed by atoms with Gasteiger partial charge in [0.2, 0.25) is 0 Å². The Kier molecular flexibility index (Phi) is 3.36. The zero-order valence-electron chi connectivity index (χ0n) is 9.76. The number of aldehydes is 1. The van der Waals surface area contributed by atoms with Crippen LogP contribution in [0.3, 0.4) is 0 Å². The molecule has 1 aliphatic heterocycles. The molecule has 14 heavy (non-hydrogen) atoms. The molecule has 2 heteroatoms. The lowest BCUT2D eigenvalue weighted by Crippen LogP contribution is -2.57. The Morgan fingerprint density at radius 3 is 2.14 bits per heavy atom. The summed E-state index contributed by atoms with van der Waals surface area (Å²) in [5, 5.41) is 3.63. The van der Waals surface area contributed by atoms with Crippen molar-refractivity contribution in [3.63, 3.8) is 0 Å². The summed E-state index contributed by atoms with van der Waals surface area (Å²) in [6, 6.07) is 0. The molecule has 1 N–H and O–H groups in total. The van der Waals surface area contributed by atoms with Crippen molar-refractivity contribution in [1.82, 2.24) is 5.32 Å². The van der Waals surface area contributed by atoms with Gasteiger partial charge in [0, 0.05) is 17.5 Å². The van der Waals surface area contributed by atoms with E-state index >= 15 is 0 Å². The molecule has 0 aliphatic carbocycles. The first-order chi connectivity index (χ1) is 6.35. The Balaban J connectivity index is 2.57. The minimum absolute atomic E-state index is 0.186. The zero-order valence-corrected chi connectivity index (χ0v) is 9.76. The fourth-order valence-electron chi connectivity index (χ4n) is 2.82. The van der Waals surface area contributed by atoms with Crippen LogP contribution in [0.25, 0.3) is 0 Å². The van der Waals surface area contributed by atoms with Crippen LogP contribution in [0.5, 0.6) is 0 Å². The molecule has 1 aliphatic rings. The summed E-state index contributed by atoms with van der Waals surface area (Å²) in [4.78, 5) is 10.3. The third-order valence-corrected chi connectivity index (χ3v) is 2.79. The van der Waals surface area contributed by atoms with Crippen molar-refractivity contribution in [2.24, 2.45) is 5.92 Å². The molecule has 0 bridgehead atoms. The molecule has 0 aromatic carbocycles. The van der Waals surface area contributed by atoms with E-state index < -0.39 is 0 Å². The molecule has 0 unspecified atom stereocenters. The highest BCUT2D eigenvalue weighted by atomic mass is 16.1. The van der Waals surface area contributed by atoms with Crippen molar-refractivity contribution >= 4 is 6.29 Å². The topological polar surface area (TPSA) is 29.1 Å². The highest BCUT2D eigenvalue weighted by Crippen LogP contribution is 2.34. The van der Waals surface area contributed by atoms with E-state index in [2.05, 4.69) is 39.4 Å². The smallest absolute Gasteiger partial charge is 0.120 e. The van der Waals surface area contributed by atoms with Gasteiger partial charge in [-0.2, -0.15) is 0 Å². The van der Waals surface area contributed by atoms with Crippen molar-refractivity contribution in [2.45, 2.75) is 58.0 Å². The van der Waals surface area contributed by atoms with Crippen LogP contribution in [-0.4, -0.2) is 17.4 Å². The van der Waals surface area contributed by atoms with Gasteiger partial charge in [0.1, 0.15) is 6.29 Å². The third-order valence-electron chi connectivity index (χ3n) is 2.79. The summed E-state index contributed by atoms with van der Waals surface area (Å²) < 4.78 is 0. The highest BCUT2D eigenvalue weighted by Gasteiger charge is 2.37. The minimum Gasteiger partial charge on any atom is -0.307 e. The second-order valence-corrected chi connectivity index (χ2v) is 5.70. The van der Waals surface area contributed by atoms with Gasteiger partial charge in [-0.25, -0.2) is 0 Å². The summed E-state index contributed by atoms with van der Waals surface area (Å²) in [5.74, 6) is 0.575. The molecule has 0 atom stereocenters. The van der Waals surface area contributed by atoms with E-state index in [0.29, 0.717) is 12.3 Å². The van der Waals surface area contributed by atoms with Gasteiger partial charge >= 0.3 is 0 Å². The predicted octanol–water partition coefficient (Wildman–Crippen LogP) is 2.34. The van der Waals surface area contributed by atoms with E-state index in [1.807, 2.05) is 0 Å². The largest absolute Gasteiger partial charge is 0.307 e. The van der Waals surface area contributed by atoms with Gasteiger partial charge in [0.15, 0.2) is 0 Å². The number of carbonyl (C=O) groups excluding carboxylic acids is 1. The lowest BCUT2D eigenvalue weighted by molar-refractivity contribution is -0.107. The van der Waals surface area contributed by atoms with Crippen molar-refractivity contribution < 1.29 is 4.79 Å². The second kappa shape index (κ2) is 4.01. The first-order valence-electron chi connectivity index (χ1n) is 5.41. The first-order valence-corrected chi connectivity index (χ1v) is 5.41. The number of piperidine rings is 1. The fraction of sp³-hybridized carbons (Fsp3) is 0.833. The van der Waals surface area contributed by atoms with Crippen LogP contribution in [0.2, 0.25) is 0 Å². The molecular weight excluding hydrogens is 174 g/mol. The monoisotopic (exact) mass is 196 g/mol. The van der Waals surface area contributed by atoms with Crippen LogP contribution in [0.4, 0.5) is 0 Å². The molecule has 0 spiro atoms. The SMILES string of the molecule is CC1(C)CC([CH]CC=O)CC(C)(C)N1. The normalized spacial score (nSPS) is 26.0. The maximum atomic E-state index is 10.3. The van der Waals surface area contributed by atoms with Crippen LogP contribution < -0.4 is 5.32 Å². The molecule has 1 radical (unpaired) electrons. The Morgan fingerprint density at radius 1 is 1.21 bits per heavy atom. The molecule has 0 aromatic heterocycles. The molecule has 0 saturated carbocycles. The van der Waals surface area contributed by atoms with Gasteiger partial charge in [0.25, 0.3) is 0 Å². The van der Waals surface area contributed by atoms with Gasteiger partial charge in [-0.05, 0) is 52.9 Å². The van der Waals surface area contributed by atoms with E-state index in [0.717, 1.165) is 19.1 Å². The van der Waals surface area contributed by atoms with Crippen molar-refractivity contribution in [2.75, 3.05) is 0 Å². The van der Waals surface area contributed by atoms with Crippen LogP contribution >= 0.6 is 0 Å². The van der Waals surface area contributed by atoms with Crippen molar-refractivity contribution in [1.29, 1.82) is 0 Å². The van der Waals surface area contributed by atoms with E-state index in [1.54, 1.807) is 0 Å². The van der Waals surface area contributed by atoms with E-state index in [4.69, 9.17) is 0 Å². The maximum Gasteiger partial charge on any atom is 0.120 e.